The quantitative estimate of drug-likeness (QED) is 0.0345. The van der Waals surface area contributed by atoms with Gasteiger partial charge >= 0.3 is 0 Å². The van der Waals surface area contributed by atoms with Crippen molar-refractivity contribution in [2.24, 2.45) is 0 Å². The first-order valence-electron chi connectivity index (χ1n) is 21.1. The van der Waals surface area contributed by atoms with E-state index in [2.05, 4.69) is 36.3 Å². The summed E-state index contributed by atoms with van der Waals surface area (Å²) in [6.07, 6.45) is 5.10. The first-order valence-corrected chi connectivity index (χ1v) is 21.9. The first kappa shape index (κ1) is 43.5. The fraction of sp³-hybridized carbons (Fsp3) is 0.255. The largest absolute Gasteiger partial charge is 0.383 e. The number of aromatic nitrogens is 1. The Morgan fingerprint density at radius 3 is 2.50 bits per heavy atom. The monoisotopic (exact) mass is 883 g/mol. The van der Waals surface area contributed by atoms with Gasteiger partial charge in [0.1, 0.15) is 17.7 Å². The Bertz CT molecular complexity index is 2680. The van der Waals surface area contributed by atoms with Gasteiger partial charge in [0.25, 0.3) is 11.8 Å². The highest BCUT2D eigenvalue weighted by molar-refractivity contribution is 8.00. The molecule has 15 nitrogen and oxygen atoms in total. The van der Waals surface area contributed by atoms with Gasteiger partial charge in [-0.1, -0.05) is 36.8 Å². The van der Waals surface area contributed by atoms with Crippen LogP contribution >= 0.6 is 11.9 Å². The number of nitrogens with zero attached hydrogens (tertiary/aromatic N) is 2. The highest BCUT2D eigenvalue weighted by Crippen LogP contribution is 2.35. The van der Waals surface area contributed by atoms with E-state index in [9.17, 15) is 28.8 Å². The van der Waals surface area contributed by atoms with Crippen LogP contribution in [0.5, 0.6) is 0 Å². The summed E-state index contributed by atoms with van der Waals surface area (Å²) < 4.78 is 18.8. The van der Waals surface area contributed by atoms with E-state index in [-0.39, 0.29) is 61.9 Å². The summed E-state index contributed by atoms with van der Waals surface area (Å²) in [7, 11) is 0. The lowest BCUT2D eigenvalue weighted by Gasteiger charge is -2.29. The van der Waals surface area contributed by atoms with E-state index in [0.717, 1.165) is 24.0 Å². The summed E-state index contributed by atoms with van der Waals surface area (Å²) in [5.74, 6) is -1.76. The maximum atomic E-state index is 15.5. The molecule has 5 aromatic rings. The van der Waals surface area contributed by atoms with Crippen molar-refractivity contribution in [3.05, 3.63) is 119 Å². The maximum absolute atomic E-state index is 15.5. The van der Waals surface area contributed by atoms with Gasteiger partial charge in [-0.15, -0.1) is 0 Å². The molecule has 0 radical (unpaired) electrons. The molecule has 64 heavy (non-hydrogen) atoms. The van der Waals surface area contributed by atoms with Gasteiger partial charge in [0.15, 0.2) is 0 Å². The number of halogens is 1. The first-order chi connectivity index (χ1) is 31.0. The Morgan fingerprint density at radius 2 is 1.66 bits per heavy atom. The van der Waals surface area contributed by atoms with Crippen molar-refractivity contribution in [1.29, 1.82) is 0 Å². The number of anilines is 4. The molecule has 3 aliphatic heterocycles. The normalized spacial score (nSPS) is 15.5. The fourth-order valence-corrected chi connectivity index (χ4v) is 8.72. The minimum Gasteiger partial charge on any atom is -0.383 e. The number of unbranched alkanes of at least 4 members (excludes halogenated alkanes) is 2. The van der Waals surface area contributed by atoms with Crippen molar-refractivity contribution >= 4 is 70.3 Å². The number of piperidine rings is 1. The molecule has 8 rings (SSSR count). The number of nitrogens with one attached hydrogen (secondary N) is 6. The second-order valence-electron chi connectivity index (χ2n) is 15.8. The lowest BCUT2D eigenvalue weighted by atomic mass is 9.94. The molecule has 8 N–H and O–H groups in total. The third-order valence-corrected chi connectivity index (χ3v) is 12.2. The molecule has 6 amide bonds. The number of hydrogen-bond acceptors (Lipinski definition) is 11. The predicted molar refractivity (Wildman–Crippen MR) is 243 cm³/mol. The summed E-state index contributed by atoms with van der Waals surface area (Å²) in [5, 5.41) is 14.1. The van der Waals surface area contributed by atoms with Crippen molar-refractivity contribution in [1.82, 2.24) is 25.8 Å². The third kappa shape index (κ3) is 10.1. The van der Waals surface area contributed by atoms with E-state index in [4.69, 9.17) is 5.73 Å². The molecule has 17 heteroatoms. The van der Waals surface area contributed by atoms with Crippen molar-refractivity contribution in [3.63, 3.8) is 0 Å². The van der Waals surface area contributed by atoms with Crippen LogP contribution in [0, 0.1) is 5.82 Å². The summed E-state index contributed by atoms with van der Waals surface area (Å²) in [4.78, 5) is 81.2. The fourth-order valence-electron chi connectivity index (χ4n) is 8.06. The van der Waals surface area contributed by atoms with E-state index in [1.807, 2.05) is 24.3 Å². The van der Waals surface area contributed by atoms with Gasteiger partial charge in [-0.25, -0.2) is 9.37 Å². The molecule has 0 spiro atoms. The van der Waals surface area contributed by atoms with E-state index < -0.39 is 17.8 Å². The average molecular weight is 884 g/mol. The van der Waals surface area contributed by atoms with Crippen molar-refractivity contribution < 1.29 is 33.2 Å². The Kier molecular flexibility index (Phi) is 13.3. The van der Waals surface area contributed by atoms with Gasteiger partial charge in [0.2, 0.25) is 23.6 Å². The standard InChI is InChI=1S/C47H46FN9O6S/c48-38-23-32(12-14-33(38)29-21-36(44(49)52-24-29)27-11-13-34-28(20-27)17-19-51-45(34)61)64-56-31-7-4-6-30(22-31)53-43(60)25-50-18-3-1-2-10-41(58)54-39-9-5-8-35-37(39)26-57(47(35)63)40-15-16-42(59)55-46(40)62/h4-9,11-14,20-24,40,50,56H,1-3,10,15-19,25-26H2,(H2,49,52)(H,51,61)(H,53,60)(H,54,58)(H,55,59,62). The predicted octanol–water partition coefficient (Wildman–Crippen LogP) is 6.03. The number of rotatable bonds is 16. The number of nitrogens with two attached hydrogens (primary N) is 1. The van der Waals surface area contributed by atoms with E-state index in [1.54, 1.807) is 60.8 Å². The van der Waals surface area contributed by atoms with Crippen LogP contribution in [0.4, 0.5) is 27.3 Å². The summed E-state index contributed by atoms with van der Waals surface area (Å²) >= 11 is 1.23. The molecule has 1 saturated heterocycles. The highest BCUT2D eigenvalue weighted by atomic mass is 32.2. The number of carbonyl (C=O) groups is 6. The minimum atomic E-state index is -0.732. The Morgan fingerprint density at radius 1 is 0.828 bits per heavy atom. The molecule has 4 aromatic carbocycles. The number of pyridine rings is 1. The van der Waals surface area contributed by atoms with Gasteiger partial charge < -0.3 is 36.6 Å². The maximum Gasteiger partial charge on any atom is 0.255 e. The van der Waals surface area contributed by atoms with Crippen LogP contribution in [0.15, 0.2) is 96.0 Å². The lowest BCUT2D eigenvalue weighted by Crippen LogP contribution is -2.52. The zero-order valence-electron chi connectivity index (χ0n) is 34.7. The van der Waals surface area contributed by atoms with Gasteiger partial charge in [-0.3, -0.25) is 34.1 Å². The minimum absolute atomic E-state index is 0.100. The van der Waals surface area contributed by atoms with Crippen LogP contribution in [0.25, 0.3) is 22.3 Å². The zero-order chi connectivity index (χ0) is 44.7. The molecule has 0 aliphatic carbocycles. The number of fused-ring (bicyclic) bond motifs is 2. The topological polar surface area (TPSA) is 217 Å². The van der Waals surface area contributed by atoms with Crippen LogP contribution < -0.4 is 37.0 Å². The number of imide groups is 1. The molecule has 1 aromatic heterocycles. The highest BCUT2D eigenvalue weighted by Gasteiger charge is 2.40. The molecule has 4 heterocycles. The molecular weight excluding hydrogens is 838 g/mol. The smallest absolute Gasteiger partial charge is 0.255 e. The molecule has 1 atom stereocenters. The third-order valence-electron chi connectivity index (χ3n) is 11.3. The average Bonchev–Trinajstić information content (AvgIpc) is 3.62. The molecule has 0 bridgehead atoms. The Balaban J connectivity index is 0.744. The molecule has 0 saturated carbocycles. The lowest BCUT2D eigenvalue weighted by molar-refractivity contribution is -0.137. The van der Waals surface area contributed by atoms with Gasteiger partial charge in [0.05, 0.1) is 6.54 Å². The second-order valence-corrected chi connectivity index (χ2v) is 16.7. The van der Waals surface area contributed by atoms with Crippen molar-refractivity contribution in [2.75, 3.05) is 40.7 Å². The van der Waals surface area contributed by atoms with Crippen molar-refractivity contribution in [3.8, 4) is 22.3 Å². The molecule has 1 fully saturated rings. The van der Waals surface area contributed by atoms with E-state index >= 15 is 4.39 Å². The van der Waals surface area contributed by atoms with Gasteiger partial charge in [0, 0.05) is 87.5 Å². The Hall–Kier alpha value is -7.11. The van der Waals surface area contributed by atoms with Crippen LogP contribution in [0.3, 0.4) is 0 Å². The number of nitrogen functional groups attached to an aromatic ring is 1. The van der Waals surface area contributed by atoms with Gasteiger partial charge in [-0.2, -0.15) is 0 Å². The van der Waals surface area contributed by atoms with Crippen LogP contribution in [0.1, 0.15) is 70.4 Å². The number of benzene rings is 4. The molecule has 328 valence electrons. The van der Waals surface area contributed by atoms with E-state index in [1.165, 1.54) is 22.9 Å². The summed E-state index contributed by atoms with van der Waals surface area (Å²) in [5.41, 5.74) is 13.1. The SMILES string of the molecule is Nc1ncc(-c2ccc(SNc3cccc(NC(=O)CNCCCCCC(=O)Nc4cccc5c4CN(C4CCC(=O)NC4=O)C5=O)c3)cc2F)cc1-c1ccc2c(c1)CCNC2=O. The zero-order valence-corrected chi connectivity index (χ0v) is 35.5. The molecular formula is C47H46FN9O6S. The van der Waals surface area contributed by atoms with Crippen LogP contribution in [-0.2, 0) is 32.1 Å². The molecule has 1 unspecified atom stereocenters. The molecule has 3 aliphatic rings. The summed E-state index contributed by atoms with van der Waals surface area (Å²) in [6.45, 7) is 1.42. The van der Waals surface area contributed by atoms with Gasteiger partial charge in [-0.05, 0) is 110 Å². The summed E-state index contributed by atoms with van der Waals surface area (Å²) in [6, 6.07) is 23.9. The number of carbonyl (C=O) groups excluding carboxylic acids is 6. The van der Waals surface area contributed by atoms with Crippen molar-refractivity contribution in [2.45, 2.75) is 62.4 Å². The number of hydrogen-bond donors (Lipinski definition) is 7. The van der Waals surface area contributed by atoms with Crippen LogP contribution in [0.2, 0.25) is 0 Å². The van der Waals surface area contributed by atoms with Crippen LogP contribution in [-0.4, -0.2) is 71.0 Å². The second kappa shape index (κ2) is 19.5. The number of amides is 6. The van der Waals surface area contributed by atoms with E-state index in [0.29, 0.717) is 87.1 Å². The Labute approximate surface area is 372 Å².